The summed E-state index contributed by atoms with van der Waals surface area (Å²) in [6.45, 7) is 4.14. The maximum atomic E-state index is 14.4. The Labute approximate surface area is 173 Å². The molecule has 4 rings (SSSR count). The van der Waals surface area contributed by atoms with Crippen molar-refractivity contribution in [2.24, 2.45) is 17.1 Å². The van der Waals surface area contributed by atoms with Gasteiger partial charge in [-0.05, 0) is 24.1 Å². The van der Waals surface area contributed by atoms with Crippen molar-refractivity contribution in [3.63, 3.8) is 0 Å². The molecule has 1 aromatic heterocycles. The molecule has 10 heteroatoms. The number of hydrogen-bond acceptors (Lipinski definition) is 7. The van der Waals surface area contributed by atoms with E-state index < -0.39 is 9.84 Å². The second-order valence-electron chi connectivity index (χ2n) is 7.16. The fourth-order valence-corrected chi connectivity index (χ4v) is 4.85. The number of fused-ring (bicyclic) bond motifs is 1. The molecule has 1 aromatic carbocycles. The van der Waals surface area contributed by atoms with Gasteiger partial charge in [0.05, 0.1) is 24.7 Å². The van der Waals surface area contributed by atoms with Crippen LogP contribution in [0.15, 0.2) is 34.5 Å². The lowest BCUT2D eigenvalue weighted by molar-refractivity contribution is 0.356. The molecule has 30 heavy (non-hydrogen) atoms. The van der Waals surface area contributed by atoms with Crippen LogP contribution in [0.5, 0.6) is 5.75 Å². The molecule has 0 saturated heterocycles. The largest absolute Gasteiger partial charge is 0.493 e. The number of aromatic nitrogens is 2. The number of sulfone groups is 1. The molecule has 0 spiro atoms. The average molecular weight is 431 g/mol. The first-order chi connectivity index (χ1) is 14.4. The van der Waals surface area contributed by atoms with Gasteiger partial charge < -0.3 is 4.74 Å². The van der Waals surface area contributed by atoms with E-state index in [1.807, 2.05) is 0 Å². The van der Waals surface area contributed by atoms with E-state index in [-0.39, 0.29) is 23.9 Å². The molecule has 1 N–H and O–H groups in total. The fraction of sp³-hybridized carbons (Fsp3) is 0.350. The van der Waals surface area contributed by atoms with Crippen molar-refractivity contribution >= 4 is 27.9 Å². The highest BCUT2D eigenvalue weighted by Crippen LogP contribution is 2.31. The van der Waals surface area contributed by atoms with Gasteiger partial charge in [-0.15, -0.1) is 0 Å². The monoisotopic (exact) mass is 431 g/mol. The van der Waals surface area contributed by atoms with Gasteiger partial charge in [0.1, 0.15) is 17.4 Å². The van der Waals surface area contributed by atoms with Gasteiger partial charge in [-0.1, -0.05) is 6.08 Å². The molecule has 0 unspecified atom stereocenters. The molecular weight excluding hydrogens is 409 g/mol. The quantitative estimate of drug-likeness (QED) is 0.575. The smallest absolute Gasteiger partial charge is 0.226 e. The van der Waals surface area contributed by atoms with Crippen molar-refractivity contribution < 1.29 is 17.5 Å². The lowest BCUT2D eigenvalue weighted by atomic mass is 10.0. The molecule has 0 bridgehead atoms. The highest BCUT2D eigenvalue weighted by molar-refractivity contribution is 7.91. The SMILES string of the molecule is C=NNc1c(C2=CCS(=O)(=O)CC2)cnc(=NCc2c(F)ccc3c2CCO3)n1C. The third kappa shape index (κ3) is 3.87. The topological polar surface area (TPSA) is 97.9 Å². The predicted molar refractivity (Wildman–Crippen MR) is 112 cm³/mol. The van der Waals surface area contributed by atoms with Crippen molar-refractivity contribution in [2.75, 3.05) is 23.5 Å². The number of nitrogens with zero attached hydrogens (tertiary/aromatic N) is 4. The third-order valence-electron chi connectivity index (χ3n) is 5.32. The minimum atomic E-state index is -3.04. The van der Waals surface area contributed by atoms with Gasteiger partial charge in [-0.3, -0.25) is 9.99 Å². The lowest BCUT2D eigenvalue weighted by Crippen LogP contribution is -2.26. The second-order valence-corrected chi connectivity index (χ2v) is 9.39. The summed E-state index contributed by atoms with van der Waals surface area (Å²) in [5.74, 6) is 1.07. The number of hydrogen-bond donors (Lipinski definition) is 1. The maximum Gasteiger partial charge on any atom is 0.226 e. The van der Waals surface area contributed by atoms with Gasteiger partial charge in [0, 0.05) is 43.1 Å². The summed E-state index contributed by atoms with van der Waals surface area (Å²) in [6, 6.07) is 3.04. The molecule has 2 aliphatic rings. The molecule has 0 fully saturated rings. The van der Waals surface area contributed by atoms with E-state index >= 15 is 0 Å². The molecule has 0 saturated carbocycles. The number of benzene rings is 1. The Hall–Kier alpha value is -3.01. The lowest BCUT2D eigenvalue weighted by Gasteiger charge is -2.18. The molecule has 2 aliphatic heterocycles. The normalized spacial score (nSPS) is 17.8. The van der Waals surface area contributed by atoms with E-state index in [1.165, 1.54) is 6.07 Å². The Kier molecular flexibility index (Phi) is 5.42. The van der Waals surface area contributed by atoms with E-state index in [1.54, 1.807) is 30.0 Å². The summed E-state index contributed by atoms with van der Waals surface area (Å²) in [5.41, 5.74) is 6.18. The molecule has 158 valence electrons. The van der Waals surface area contributed by atoms with Crippen LogP contribution in [0, 0.1) is 5.82 Å². The molecule has 0 aliphatic carbocycles. The van der Waals surface area contributed by atoms with Crippen LogP contribution in [0.25, 0.3) is 5.57 Å². The van der Waals surface area contributed by atoms with Crippen molar-refractivity contribution in [2.45, 2.75) is 19.4 Å². The Morgan fingerprint density at radius 1 is 1.37 bits per heavy atom. The number of anilines is 1. The molecule has 8 nitrogen and oxygen atoms in total. The molecule has 3 heterocycles. The molecule has 0 radical (unpaired) electrons. The number of hydrazone groups is 1. The fourth-order valence-electron chi connectivity index (χ4n) is 3.70. The summed E-state index contributed by atoms with van der Waals surface area (Å²) in [7, 11) is -1.28. The van der Waals surface area contributed by atoms with Crippen molar-refractivity contribution in [1.29, 1.82) is 0 Å². The first-order valence-electron chi connectivity index (χ1n) is 9.51. The van der Waals surface area contributed by atoms with E-state index in [0.29, 0.717) is 42.2 Å². The van der Waals surface area contributed by atoms with E-state index in [4.69, 9.17) is 4.74 Å². The molecule has 0 atom stereocenters. The molecule has 2 aromatic rings. The van der Waals surface area contributed by atoms with Crippen molar-refractivity contribution in [3.05, 3.63) is 52.5 Å². The Balaban J connectivity index is 1.72. The van der Waals surface area contributed by atoms with Crippen LogP contribution in [-0.4, -0.2) is 42.8 Å². The van der Waals surface area contributed by atoms with Crippen LogP contribution >= 0.6 is 0 Å². The van der Waals surface area contributed by atoms with E-state index in [0.717, 1.165) is 16.7 Å². The molecular formula is C20H22FN5O3S. The summed E-state index contributed by atoms with van der Waals surface area (Å²) < 4.78 is 45.0. The van der Waals surface area contributed by atoms with Crippen LogP contribution < -0.4 is 15.8 Å². The van der Waals surface area contributed by atoms with Gasteiger partial charge in [0.2, 0.25) is 5.62 Å². The minimum absolute atomic E-state index is 0.000400. The number of ether oxygens (including phenoxy) is 1. The molecule has 0 amide bonds. The number of allylic oxidation sites excluding steroid dienone is 1. The highest BCUT2D eigenvalue weighted by Gasteiger charge is 2.21. The standard InChI is InChI=1S/C20H22FN5O3S/c1-22-25-19-15(13-6-9-30(27,28)10-7-13)11-23-20(26(19)2)24-12-16-14-5-8-29-18(14)4-3-17(16)21/h3-4,6,11,25H,1,5,7-10,12H2,2H3. The summed E-state index contributed by atoms with van der Waals surface area (Å²) in [4.78, 5) is 8.93. The zero-order valence-electron chi connectivity index (χ0n) is 16.6. The van der Waals surface area contributed by atoms with Crippen LogP contribution in [-0.2, 0) is 29.9 Å². The van der Waals surface area contributed by atoms with Gasteiger partial charge in [0.15, 0.2) is 9.84 Å². The van der Waals surface area contributed by atoms with E-state index in [2.05, 4.69) is 27.2 Å². The zero-order chi connectivity index (χ0) is 21.3. The minimum Gasteiger partial charge on any atom is -0.493 e. The summed E-state index contributed by atoms with van der Waals surface area (Å²) in [6.07, 6.45) is 4.38. The van der Waals surface area contributed by atoms with Gasteiger partial charge in [-0.25, -0.2) is 22.8 Å². The van der Waals surface area contributed by atoms with Crippen LogP contribution in [0.4, 0.5) is 10.2 Å². The van der Waals surface area contributed by atoms with E-state index in [9.17, 15) is 12.8 Å². The zero-order valence-corrected chi connectivity index (χ0v) is 17.4. The highest BCUT2D eigenvalue weighted by atomic mass is 32.2. The number of nitrogens with one attached hydrogen (secondary N) is 1. The van der Waals surface area contributed by atoms with Gasteiger partial charge in [-0.2, -0.15) is 5.10 Å². The summed E-state index contributed by atoms with van der Waals surface area (Å²) in [5, 5.41) is 3.76. The van der Waals surface area contributed by atoms with Crippen molar-refractivity contribution in [1.82, 2.24) is 9.55 Å². The third-order valence-corrected chi connectivity index (χ3v) is 6.82. The Morgan fingerprint density at radius 3 is 2.93 bits per heavy atom. The second kappa shape index (κ2) is 8.02. The summed E-state index contributed by atoms with van der Waals surface area (Å²) >= 11 is 0. The predicted octanol–water partition coefficient (Wildman–Crippen LogP) is 1.82. The number of halogens is 1. The van der Waals surface area contributed by atoms with Gasteiger partial charge >= 0.3 is 0 Å². The Morgan fingerprint density at radius 2 is 2.20 bits per heavy atom. The number of rotatable bonds is 5. The van der Waals surface area contributed by atoms with Crippen LogP contribution in [0.2, 0.25) is 0 Å². The first kappa shape index (κ1) is 20.3. The maximum absolute atomic E-state index is 14.4. The first-order valence-corrected chi connectivity index (χ1v) is 11.3. The average Bonchev–Trinajstić information content (AvgIpc) is 3.19. The van der Waals surface area contributed by atoms with Crippen molar-refractivity contribution in [3.8, 4) is 5.75 Å². The van der Waals surface area contributed by atoms with Crippen LogP contribution in [0.1, 0.15) is 23.1 Å². The van der Waals surface area contributed by atoms with Crippen LogP contribution in [0.3, 0.4) is 0 Å². The Bertz CT molecular complexity index is 1220. The van der Waals surface area contributed by atoms with Gasteiger partial charge in [0.25, 0.3) is 0 Å².